The highest BCUT2D eigenvalue weighted by Crippen LogP contribution is 2.26. The molecule has 88 valence electrons. The molecule has 0 amide bonds. The SMILES string of the molecule is CC(N)=NCCC(O)c1cc(Cl)ccc1N. The molecule has 1 aromatic carbocycles. The van der Waals surface area contributed by atoms with Crippen LogP contribution in [0.1, 0.15) is 25.0 Å². The average Bonchev–Trinajstić information content (AvgIpc) is 2.21. The molecule has 0 aliphatic rings. The van der Waals surface area contributed by atoms with Gasteiger partial charge in [0.15, 0.2) is 0 Å². The predicted molar refractivity (Wildman–Crippen MR) is 67.6 cm³/mol. The van der Waals surface area contributed by atoms with Gasteiger partial charge in [-0.2, -0.15) is 0 Å². The third-order valence-electron chi connectivity index (χ3n) is 2.17. The number of hydrogen-bond donors (Lipinski definition) is 3. The maximum Gasteiger partial charge on any atom is 0.0905 e. The zero-order valence-electron chi connectivity index (χ0n) is 9.15. The number of halogens is 1. The van der Waals surface area contributed by atoms with Gasteiger partial charge in [0.05, 0.1) is 11.9 Å². The number of anilines is 1. The largest absolute Gasteiger partial charge is 0.398 e. The second kappa shape index (κ2) is 5.72. The highest BCUT2D eigenvalue weighted by molar-refractivity contribution is 6.30. The Bertz CT molecular complexity index is 389. The molecule has 1 aromatic rings. The zero-order chi connectivity index (χ0) is 12.1. The number of rotatable bonds is 4. The summed E-state index contributed by atoms with van der Waals surface area (Å²) in [6.45, 7) is 2.18. The van der Waals surface area contributed by atoms with E-state index in [2.05, 4.69) is 4.99 Å². The number of aliphatic hydroxyl groups is 1. The Hall–Kier alpha value is -1.26. The number of nitrogens with two attached hydrogens (primary N) is 2. The van der Waals surface area contributed by atoms with Gasteiger partial charge in [-0.05, 0) is 31.5 Å². The van der Waals surface area contributed by atoms with Crippen molar-refractivity contribution in [2.45, 2.75) is 19.4 Å². The van der Waals surface area contributed by atoms with Crippen LogP contribution in [0.2, 0.25) is 5.02 Å². The molecule has 0 aliphatic heterocycles. The smallest absolute Gasteiger partial charge is 0.0905 e. The second-order valence-corrected chi connectivity index (χ2v) is 4.04. The molecule has 16 heavy (non-hydrogen) atoms. The van der Waals surface area contributed by atoms with Gasteiger partial charge in [0.1, 0.15) is 0 Å². The van der Waals surface area contributed by atoms with Gasteiger partial charge in [-0.3, -0.25) is 4.99 Å². The molecule has 1 rings (SSSR count). The summed E-state index contributed by atoms with van der Waals surface area (Å²) in [5, 5.41) is 10.4. The van der Waals surface area contributed by atoms with Crippen molar-refractivity contribution in [3.63, 3.8) is 0 Å². The standard InChI is InChI=1S/C11H16ClN3O/c1-7(13)15-5-4-11(16)9-6-8(12)2-3-10(9)14/h2-3,6,11,16H,4-5,14H2,1H3,(H2,13,15). The van der Waals surface area contributed by atoms with Gasteiger partial charge in [-0.25, -0.2) is 0 Å². The van der Waals surface area contributed by atoms with Gasteiger partial charge in [0.2, 0.25) is 0 Å². The first-order valence-electron chi connectivity index (χ1n) is 5.00. The van der Waals surface area contributed by atoms with E-state index in [4.69, 9.17) is 23.1 Å². The summed E-state index contributed by atoms with van der Waals surface area (Å²) in [7, 11) is 0. The quantitative estimate of drug-likeness (QED) is 0.426. The first-order chi connectivity index (χ1) is 7.50. The molecule has 0 bridgehead atoms. The van der Waals surface area contributed by atoms with E-state index >= 15 is 0 Å². The van der Waals surface area contributed by atoms with Gasteiger partial charge < -0.3 is 16.6 Å². The van der Waals surface area contributed by atoms with Crippen LogP contribution in [0.15, 0.2) is 23.2 Å². The van der Waals surface area contributed by atoms with Crippen molar-refractivity contribution in [3.05, 3.63) is 28.8 Å². The highest BCUT2D eigenvalue weighted by atomic mass is 35.5. The van der Waals surface area contributed by atoms with Crippen LogP contribution >= 0.6 is 11.6 Å². The molecule has 5 heteroatoms. The molecule has 1 unspecified atom stereocenters. The summed E-state index contributed by atoms with van der Waals surface area (Å²) >= 11 is 5.83. The topological polar surface area (TPSA) is 84.6 Å². The van der Waals surface area contributed by atoms with Crippen LogP contribution in [-0.2, 0) is 0 Å². The van der Waals surface area contributed by atoms with Gasteiger partial charge >= 0.3 is 0 Å². The third-order valence-corrected chi connectivity index (χ3v) is 2.41. The summed E-state index contributed by atoms with van der Waals surface area (Å²) < 4.78 is 0. The molecular formula is C11H16ClN3O. The molecule has 0 spiro atoms. The summed E-state index contributed by atoms with van der Waals surface area (Å²) in [5.41, 5.74) is 12.3. The van der Waals surface area contributed by atoms with Crippen molar-refractivity contribution in [3.8, 4) is 0 Å². The summed E-state index contributed by atoms with van der Waals surface area (Å²) in [4.78, 5) is 4.00. The molecule has 0 aliphatic carbocycles. The molecule has 5 N–H and O–H groups in total. The van der Waals surface area contributed by atoms with E-state index < -0.39 is 6.10 Å². The van der Waals surface area contributed by atoms with E-state index in [1.54, 1.807) is 25.1 Å². The lowest BCUT2D eigenvalue weighted by molar-refractivity contribution is 0.171. The summed E-state index contributed by atoms with van der Waals surface area (Å²) in [5.74, 6) is 0.506. The van der Waals surface area contributed by atoms with Crippen molar-refractivity contribution >= 4 is 23.1 Å². The van der Waals surface area contributed by atoms with Crippen molar-refractivity contribution in [1.29, 1.82) is 0 Å². The van der Waals surface area contributed by atoms with Gasteiger partial charge in [0, 0.05) is 22.8 Å². The molecule has 1 atom stereocenters. The number of nitrogen functional groups attached to an aromatic ring is 1. The maximum atomic E-state index is 9.89. The van der Waals surface area contributed by atoms with E-state index in [0.717, 1.165) is 0 Å². The number of benzene rings is 1. The van der Waals surface area contributed by atoms with Crippen LogP contribution < -0.4 is 11.5 Å². The average molecular weight is 242 g/mol. The Kier molecular flexibility index (Phi) is 4.58. The molecular weight excluding hydrogens is 226 g/mol. The number of aliphatic imine (C=N–C) groups is 1. The van der Waals surface area contributed by atoms with Crippen molar-refractivity contribution in [2.24, 2.45) is 10.7 Å². The fourth-order valence-electron chi connectivity index (χ4n) is 1.35. The summed E-state index contributed by atoms with van der Waals surface area (Å²) in [6.07, 6.45) is -0.194. The second-order valence-electron chi connectivity index (χ2n) is 3.60. The zero-order valence-corrected chi connectivity index (χ0v) is 9.91. The van der Waals surface area contributed by atoms with Crippen LogP contribution in [-0.4, -0.2) is 17.5 Å². The van der Waals surface area contributed by atoms with E-state index in [0.29, 0.717) is 35.1 Å². The Balaban J connectivity index is 2.69. The molecule has 4 nitrogen and oxygen atoms in total. The fraction of sp³-hybridized carbons (Fsp3) is 0.364. The van der Waals surface area contributed by atoms with Gasteiger partial charge in [-0.1, -0.05) is 11.6 Å². The Labute approximate surface area is 99.9 Å². The number of nitrogens with zero attached hydrogens (tertiary/aromatic N) is 1. The van der Waals surface area contributed by atoms with Crippen LogP contribution in [0.25, 0.3) is 0 Å². The van der Waals surface area contributed by atoms with Crippen LogP contribution in [0.4, 0.5) is 5.69 Å². The summed E-state index contributed by atoms with van der Waals surface area (Å²) in [6, 6.07) is 5.04. The lowest BCUT2D eigenvalue weighted by atomic mass is 10.0. The van der Waals surface area contributed by atoms with Crippen molar-refractivity contribution in [1.82, 2.24) is 0 Å². The molecule has 0 saturated heterocycles. The van der Waals surface area contributed by atoms with E-state index in [1.807, 2.05) is 0 Å². The number of hydrogen-bond acceptors (Lipinski definition) is 3. The van der Waals surface area contributed by atoms with Crippen molar-refractivity contribution in [2.75, 3.05) is 12.3 Å². The highest BCUT2D eigenvalue weighted by Gasteiger charge is 2.10. The van der Waals surface area contributed by atoms with E-state index in [-0.39, 0.29) is 0 Å². The first-order valence-corrected chi connectivity index (χ1v) is 5.38. The van der Waals surface area contributed by atoms with E-state index in [1.165, 1.54) is 0 Å². The number of amidine groups is 1. The molecule has 0 saturated carbocycles. The third kappa shape index (κ3) is 3.72. The molecule has 0 aromatic heterocycles. The predicted octanol–water partition coefficient (Wildman–Crippen LogP) is 1.72. The molecule has 0 heterocycles. The van der Waals surface area contributed by atoms with Crippen molar-refractivity contribution < 1.29 is 5.11 Å². The lowest BCUT2D eigenvalue weighted by Crippen LogP contribution is -2.08. The Morgan fingerprint density at radius 3 is 2.88 bits per heavy atom. The monoisotopic (exact) mass is 241 g/mol. The normalized spacial score (nSPS) is 13.8. The maximum absolute atomic E-state index is 9.89. The number of aliphatic hydroxyl groups excluding tert-OH is 1. The minimum absolute atomic E-state index is 0.468. The fourth-order valence-corrected chi connectivity index (χ4v) is 1.53. The molecule has 0 fully saturated rings. The molecule has 0 radical (unpaired) electrons. The minimum Gasteiger partial charge on any atom is -0.398 e. The van der Waals surface area contributed by atoms with Gasteiger partial charge in [-0.15, -0.1) is 0 Å². The van der Waals surface area contributed by atoms with Crippen LogP contribution in [0.3, 0.4) is 0 Å². The van der Waals surface area contributed by atoms with Crippen LogP contribution in [0, 0.1) is 0 Å². The Morgan fingerprint density at radius 2 is 2.25 bits per heavy atom. The minimum atomic E-state index is -0.665. The van der Waals surface area contributed by atoms with Crippen LogP contribution in [0.5, 0.6) is 0 Å². The van der Waals surface area contributed by atoms with Gasteiger partial charge in [0.25, 0.3) is 0 Å². The lowest BCUT2D eigenvalue weighted by Gasteiger charge is -2.12. The first kappa shape index (κ1) is 12.8. The Morgan fingerprint density at radius 1 is 1.56 bits per heavy atom. The van der Waals surface area contributed by atoms with E-state index in [9.17, 15) is 5.11 Å².